The zero-order valence-corrected chi connectivity index (χ0v) is 15.4. The highest BCUT2D eigenvalue weighted by Gasteiger charge is 2.38. The molecular weight excluding hydrogens is 350 g/mol. The van der Waals surface area contributed by atoms with Crippen molar-refractivity contribution in [3.05, 3.63) is 53.6 Å². The molecule has 0 bridgehead atoms. The fraction of sp³-hybridized carbons (Fsp3) is 0.300. The Bertz CT molecular complexity index is 811. The molecule has 0 spiro atoms. The Morgan fingerprint density at radius 1 is 1.07 bits per heavy atom. The highest BCUT2D eigenvalue weighted by molar-refractivity contribution is 5.94. The molecule has 7 heteroatoms. The lowest BCUT2D eigenvalue weighted by molar-refractivity contribution is -0.128. The van der Waals surface area contributed by atoms with Gasteiger partial charge < -0.3 is 18.9 Å². The van der Waals surface area contributed by atoms with Crippen LogP contribution in [0.3, 0.4) is 0 Å². The monoisotopic (exact) mass is 371 g/mol. The van der Waals surface area contributed by atoms with Crippen molar-refractivity contribution in [3.8, 4) is 17.2 Å². The average molecular weight is 371 g/mol. The maximum atomic E-state index is 12.9. The third-order valence-corrected chi connectivity index (χ3v) is 4.41. The minimum Gasteiger partial charge on any atom is -0.493 e. The largest absolute Gasteiger partial charge is 0.493 e. The smallest absolute Gasteiger partial charge is 0.417 e. The number of benzene rings is 2. The fourth-order valence-electron chi connectivity index (χ4n) is 3.11. The number of carbonyl (C=O) groups excluding carboxylic acids is 2. The molecule has 3 rings (SSSR count). The molecule has 1 aliphatic heterocycles. The lowest BCUT2D eigenvalue weighted by atomic mass is 10.1. The average Bonchev–Trinajstić information content (AvgIpc) is 3.09. The van der Waals surface area contributed by atoms with Crippen molar-refractivity contribution in [3.63, 3.8) is 0 Å². The lowest BCUT2D eigenvalue weighted by Gasteiger charge is -2.20. The summed E-state index contributed by atoms with van der Waals surface area (Å²) >= 11 is 0. The molecule has 0 unspecified atom stereocenters. The number of hydrogen-bond donors (Lipinski definition) is 0. The van der Waals surface area contributed by atoms with Crippen molar-refractivity contribution >= 4 is 12.0 Å². The molecule has 7 nitrogen and oxygen atoms in total. The van der Waals surface area contributed by atoms with Gasteiger partial charge in [-0.1, -0.05) is 30.3 Å². The van der Waals surface area contributed by atoms with E-state index < -0.39 is 12.1 Å². The fourth-order valence-corrected chi connectivity index (χ4v) is 3.11. The zero-order valence-electron chi connectivity index (χ0n) is 15.4. The number of amides is 2. The molecular formula is C20H21NO6. The van der Waals surface area contributed by atoms with E-state index >= 15 is 0 Å². The number of carbonyl (C=O) groups is 2. The molecule has 0 radical (unpaired) electrons. The Hall–Kier alpha value is -3.22. The van der Waals surface area contributed by atoms with Gasteiger partial charge in [0.15, 0.2) is 11.5 Å². The molecule has 1 aliphatic rings. The molecule has 1 atom stereocenters. The van der Waals surface area contributed by atoms with E-state index in [9.17, 15) is 9.59 Å². The van der Waals surface area contributed by atoms with Crippen LogP contribution in [-0.4, -0.2) is 44.8 Å². The zero-order chi connectivity index (χ0) is 19.4. The summed E-state index contributed by atoms with van der Waals surface area (Å²) in [5.74, 6) is 0.978. The van der Waals surface area contributed by atoms with Gasteiger partial charge in [0.2, 0.25) is 11.7 Å². The maximum Gasteiger partial charge on any atom is 0.417 e. The molecule has 0 aromatic heterocycles. The van der Waals surface area contributed by atoms with Gasteiger partial charge in [-0.25, -0.2) is 9.69 Å². The second kappa shape index (κ2) is 7.99. The van der Waals surface area contributed by atoms with Crippen LogP contribution in [0.15, 0.2) is 42.5 Å². The van der Waals surface area contributed by atoms with Gasteiger partial charge in [0.25, 0.3) is 0 Å². The van der Waals surface area contributed by atoms with E-state index in [1.165, 1.54) is 26.2 Å². The Morgan fingerprint density at radius 2 is 1.70 bits per heavy atom. The van der Waals surface area contributed by atoms with E-state index in [2.05, 4.69) is 0 Å². The number of rotatable bonds is 6. The molecule has 27 heavy (non-hydrogen) atoms. The molecule has 142 valence electrons. The van der Waals surface area contributed by atoms with E-state index in [1.54, 1.807) is 12.1 Å². The van der Waals surface area contributed by atoms with Gasteiger partial charge in [-0.3, -0.25) is 4.79 Å². The van der Waals surface area contributed by atoms with Crippen molar-refractivity contribution in [1.29, 1.82) is 0 Å². The molecule has 1 saturated heterocycles. The molecule has 0 saturated carbocycles. The lowest BCUT2D eigenvalue weighted by Crippen LogP contribution is -2.35. The van der Waals surface area contributed by atoms with Crippen LogP contribution in [0.1, 0.15) is 17.2 Å². The van der Waals surface area contributed by atoms with Crippen LogP contribution >= 0.6 is 0 Å². The third kappa shape index (κ3) is 3.67. The van der Waals surface area contributed by atoms with Crippen LogP contribution in [0, 0.1) is 0 Å². The van der Waals surface area contributed by atoms with Gasteiger partial charge in [0.1, 0.15) is 12.6 Å². The SMILES string of the molecule is COc1cc(CC(=O)N2C(=O)OC[C@@H]2c2ccccc2)cc(OC)c1OC. The van der Waals surface area contributed by atoms with Gasteiger partial charge in [-0.05, 0) is 23.3 Å². The summed E-state index contributed by atoms with van der Waals surface area (Å²) in [5, 5.41) is 0. The number of hydrogen-bond acceptors (Lipinski definition) is 6. The Labute approximate surface area is 157 Å². The summed E-state index contributed by atoms with van der Waals surface area (Å²) < 4.78 is 21.0. The van der Waals surface area contributed by atoms with Crippen LogP contribution in [0.2, 0.25) is 0 Å². The normalized spacial score (nSPS) is 16.0. The number of nitrogens with zero attached hydrogens (tertiary/aromatic N) is 1. The topological polar surface area (TPSA) is 74.3 Å². The van der Waals surface area contributed by atoms with E-state index in [4.69, 9.17) is 18.9 Å². The molecule has 2 aromatic rings. The van der Waals surface area contributed by atoms with Crippen LogP contribution in [0.5, 0.6) is 17.2 Å². The minimum atomic E-state index is -0.638. The van der Waals surface area contributed by atoms with E-state index in [1.807, 2.05) is 30.3 Å². The molecule has 2 amide bonds. The Morgan fingerprint density at radius 3 is 2.26 bits per heavy atom. The van der Waals surface area contributed by atoms with E-state index in [0.29, 0.717) is 22.8 Å². The minimum absolute atomic E-state index is 0.00481. The van der Waals surface area contributed by atoms with Crippen LogP contribution in [0.4, 0.5) is 4.79 Å². The number of cyclic esters (lactones) is 1. The molecule has 0 N–H and O–H groups in total. The summed E-state index contributed by atoms with van der Waals surface area (Å²) in [6.07, 6.45) is -0.643. The van der Waals surface area contributed by atoms with E-state index in [-0.39, 0.29) is 18.9 Å². The Balaban J connectivity index is 1.87. The van der Waals surface area contributed by atoms with Crippen molar-refractivity contribution in [2.24, 2.45) is 0 Å². The first-order chi connectivity index (χ1) is 13.1. The summed E-state index contributed by atoms with van der Waals surface area (Å²) in [7, 11) is 4.52. The van der Waals surface area contributed by atoms with E-state index in [0.717, 1.165) is 5.56 Å². The van der Waals surface area contributed by atoms with Crippen LogP contribution in [-0.2, 0) is 16.0 Å². The quantitative estimate of drug-likeness (QED) is 0.777. The standard InChI is InChI=1S/C20H21NO6/c1-24-16-9-13(10-17(25-2)19(16)26-3)11-18(22)21-15(12-27-20(21)23)14-7-5-4-6-8-14/h4-10,15H,11-12H2,1-3H3/t15-/m1/s1. The maximum absolute atomic E-state index is 12.9. The second-order valence-electron chi connectivity index (χ2n) is 5.98. The highest BCUT2D eigenvalue weighted by Crippen LogP contribution is 2.38. The van der Waals surface area contributed by atoms with Crippen LogP contribution < -0.4 is 14.2 Å². The highest BCUT2D eigenvalue weighted by atomic mass is 16.6. The van der Waals surface area contributed by atoms with Crippen molar-refractivity contribution in [2.45, 2.75) is 12.5 Å². The summed E-state index contributed by atoms with van der Waals surface area (Å²) in [4.78, 5) is 26.2. The first-order valence-corrected chi connectivity index (χ1v) is 8.41. The molecule has 0 aliphatic carbocycles. The first-order valence-electron chi connectivity index (χ1n) is 8.41. The number of methoxy groups -OCH3 is 3. The molecule has 2 aromatic carbocycles. The van der Waals surface area contributed by atoms with Crippen molar-refractivity contribution in [1.82, 2.24) is 4.90 Å². The number of ether oxygens (including phenoxy) is 4. The van der Waals surface area contributed by atoms with Gasteiger partial charge in [-0.15, -0.1) is 0 Å². The van der Waals surface area contributed by atoms with Gasteiger partial charge >= 0.3 is 6.09 Å². The third-order valence-electron chi connectivity index (χ3n) is 4.41. The van der Waals surface area contributed by atoms with Gasteiger partial charge in [-0.2, -0.15) is 0 Å². The predicted molar refractivity (Wildman–Crippen MR) is 97.2 cm³/mol. The van der Waals surface area contributed by atoms with Gasteiger partial charge in [0, 0.05) is 0 Å². The summed E-state index contributed by atoms with van der Waals surface area (Å²) in [6.45, 7) is 0.143. The van der Waals surface area contributed by atoms with Crippen molar-refractivity contribution in [2.75, 3.05) is 27.9 Å². The summed E-state index contributed by atoms with van der Waals surface area (Å²) in [6, 6.07) is 12.3. The van der Waals surface area contributed by atoms with Gasteiger partial charge in [0.05, 0.1) is 27.8 Å². The van der Waals surface area contributed by atoms with Crippen molar-refractivity contribution < 1.29 is 28.5 Å². The van der Waals surface area contributed by atoms with Crippen LogP contribution in [0.25, 0.3) is 0 Å². The number of imide groups is 1. The Kier molecular flexibility index (Phi) is 5.49. The molecule has 1 fully saturated rings. The first kappa shape index (κ1) is 18.6. The molecule has 1 heterocycles. The summed E-state index contributed by atoms with van der Waals surface area (Å²) in [5.41, 5.74) is 1.49. The second-order valence-corrected chi connectivity index (χ2v) is 5.98. The predicted octanol–water partition coefficient (Wildman–Crippen LogP) is 2.98.